The van der Waals surface area contributed by atoms with E-state index in [1.807, 2.05) is 4.90 Å². The fourth-order valence-corrected chi connectivity index (χ4v) is 5.08. The predicted octanol–water partition coefficient (Wildman–Crippen LogP) is 4.23. The van der Waals surface area contributed by atoms with Crippen molar-refractivity contribution in [2.24, 2.45) is 16.9 Å². The van der Waals surface area contributed by atoms with Gasteiger partial charge in [-0.25, -0.2) is 4.98 Å². The smallest absolute Gasteiger partial charge is 0.431 e. The molecule has 1 aromatic heterocycles. The fourth-order valence-electron chi connectivity index (χ4n) is 4.86. The van der Waals surface area contributed by atoms with E-state index in [0.717, 1.165) is 10.7 Å². The molecule has 4 unspecified atom stereocenters. The third-order valence-corrected chi connectivity index (χ3v) is 7.15. The average Bonchev–Trinajstić information content (AvgIpc) is 3.21. The van der Waals surface area contributed by atoms with E-state index in [1.54, 1.807) is 30.3 Å². The summed E-state index contributed by atoms with van der Waals surface area (Å²) in [7, 11) is 1.51. The number of ether oxygens (including phenoxy) is 2. The molecule has 0 radical (unpaired) electrons. The van der Waals surface area contributed by atoms with Crippen molar-refractivity contribution in [2.75, 3.05) is 36.7 Å². The third kappa shape index (κ3) is 5.91. The second-order valence-corrected chi connectivity index (χ2v) is 9.69. The second kappa shape index (κ2) is 11.2. The minimum absolute atomic E-state index is 0.128. The lowest BCUT2D eigenvalue weighted by molar-refractivity contribution is -0.137. The molecule has 9 nitrogen and oxygen atoms in total. The van der Waals surface area contributed by atoms with Crippen molar-refractivity contribution in [2.45, 2.75) is 38.1 Å². The molecule has 2 aliphatic rings. The van der Waals surface area contributed by atoms with Gasteiger partial charge in [-0.3, -0.25) is 9.80 Å². The van der Waals surface area contributed by atoms with Crippen molar-refractivity contribution in [1.82, 2.24) is 4.98 Å². The van der Waals surface area contributed by atoms with Gasteiger partial charge < -0.3 is 24.6 Å². The van der Waals surface area contributed by atoms with Crippen molar-refractivity contribution < 1.29 is 37.7 Å². The Morgan fingerprint density at radius 3 is 2.58 bits per heavy atom. The van der Waals surface area contributed by atoms with Crippen LogP contribution >= 0.6 is 11.6 Å². The van der Waals surface area contributed by atoms with Crippen LogP contribution in [0.3, 0.4) is 0 Å². The topological polar surface area (TPSA) is 108 Å². The number of alkyl halides is 3. The number of aromatic nitrogens is 1. The van der Waals surface area contributed by atoms with Crippen LogP contribution in [-0.4, -0.2) is 72.0 Å². The van der Waals surface area contributed by atoms with E-state index < -0.39 is 36.2 Å². The highest BCUT2D eigenvalue weighted by Gasteiger charge is 2.48. The molecule has 2 N–H and O–H groups in total. The molecular formula is C25H28ClF3N4O5. The Balaban J connectivity index is 1.47. The van der Waals surface area contributed by atoms with Crippen molar-refractivity contribution in [1.29, 1.82) is 0 Å². The predicted molar refractivity (Wildman–Crippen MR) is 135 cm³/mol. The molecule has 0 saturated carbocycles. The molecule has 2 aromatic rings. The van der Waals surface area contributed by atoms with Crippen LogP contribution in [0.5, 0.6) is 11.6 Å². The molecule has 38 heavy (non-hydrogen) atoms. The number of anilines is 2. The third-order valence-electron chi connectivity index (χ3n) is 6.86. The number of piperidine rings is 1. The number of pyridine rings is 1. The average molecular weight is 557 g/mol. The number of hydrogen-bond donors (Lipinski definition) is 2. The quantitative estimate of drug-likeness (QED) is 0.497. The Kier molecular flexibility index (Phi) is 8.22. The van der Waals surface area contributed by atoms with Gasteiger partial charge in [-0.2, -0.15) is 18.3 Å². The number of halogens is 4. The first-order valence-corrected chi connectivity index (χ1v) is 12.4. The van der Waals surface area contributed by atoms with Crippen molar-refractivity contribution in [3.8, 4) is 11.6 Å². The molecule has 206 valence electrons. The molecule has 0 aliphatic carbocycles. The minimum atomic E-state index is -4.66. The van der Waals surface area contributed by atoms with Gasteiger partial charge in [0.1, 0.15) is 17.6 Å². The monoisotopic (exact) mass is 556 g/mol. The maximum absolute atomic E-state index is 13.4. The highest BCUT2D eigenvalue weighted by molar-refractivity contribution is 6.33. The van der Waals surface area contributed by atoms with E-state index >= 15 is 0 Å². The number of benzene rings is 1. The number of carboxylic acids is 1. The summed E-state index contributed by atoms with van der Waals surface area (Å²) < 4.78 is 51.6. The zero-order chi connectivity index (χ0) is 27.6. The lowest BCUT2D eigenvalue weighted by Crippen LogP contribution is -2.47. The number of hydrogen-bond acceptors (Lipinski definition) is 8. The van der Waals surface area contributed by atoms with E-state index in [-0.39, 0.29) is 18.6 Å². The van der Waals surface area contributed by atoms with E-state index in [0.29, 0.717) is 41.8 Å². The van der Waals surface area contributed by atoms with E-state index in [2.05, 4.69) is 10.1 Å². The summed E-state index contributed by atoms with van der Waals surface area (Å²) in [6.07, 6.45) is -3.37. The lowest BCUT2D eigenvalue weighted by atomic mass is 9.94. The van der Waals surface area contributed by atoms with Gasteiger partial charge in [0.05, 0.1) is 48.8 Å². The van der Waals surface area contributed by atoms with Gasteiger partial charge in [-0.05, 0) is 24.3 Å². The molecule has 4 atom stereocenters. The van der Waals surface area contributed by atoms with Gasteiger partial charge in [-0.15, -0.1) is 0 Å². The summed E-state index contributed by atoms with van der Waals surface area (Å²) in [5, 5.41) is 24.6. The fraction of sp³-hybridized carbons (Fsp3) is 0.480. The number of rotatable bonds is 8. The Labute approximate surface area is 222 Å². The van der Waals surface area contributed by atoms with Gasteiger partial charge in [-0.1, -0.05) is 18.5 Å². The van der Waals surface area contributed by atoms with Crippen molar-refractivity contribution in [3.63, 3.8) is 0 Å². The maximum atomic E-state index is 13.4. The summed E-state index contributed by atoms with van der Waals surface area (Å²) >= 11 is 6.33. The Bertz CT molecular complexity index is 1180. The molecule has 1 fully saturated rings. The van der Waals surface area contributed by atoms with Crippen molar-refractivity contribution in [3.05, 3.63) is 41.6 Å². The lowest BCUT2D eigenvalue weighted by Gasteiger charge is -2.39. The summed E-state index contributed by atoms with van der Waals surface area (Å²) in [6, 6.07) is 7.06. The molecule has 1 saturated heterocycles. The second-order valence-electron chi connectivity index (χ2n) is 9.29. The van der Waals surface area contributed by atoms with Crippen LogP contribution in [0.1, 0.15) is 19.8 Å². The number of carboxylic acid groups (broad SMARTS) is 1. The number of aliphatic hydroxyl groups excluding tert-OH is 1. The number of hydrazone groups is 1. The van der Waals surface area contributed by atoms with Gasteiger partial charge >= 0.3 is 12.1 Å². The molecule has 4 rings (SSSR count). The molecular weight excluding hydrogens is 529 g/mol. The first-order chi connectivity index (χ1) is 18.0. The van der Waals surface area contributed by atoms with E-state index in [4.69, 9.17) is 21.1 Å². The zero-order valence-corrected chi connectivity index (χ0v) is 21.5. The Morgan fingerprint density at radius 2 is 1.97 bits per heavy atom. The SMILES string of the molecule is COc1cc(N2CCC(Oc3ccc(N4N=C(C(F)(F)F)C(C)C4CC(=O)O)cc3)C(CO)C2)c(Cl)cn1. The number of aliphatic carboxylic acids is 1. The molecule has 0 bridgehead atoms. The normalized spacial score (nSPS) is 23.8. The van der Waals surface area contributed by atoms with Crippen LogP contribution in [0.2, 0.25) is 5.02 Å². The molecule has 0 amide bonds. The zero-order valence-electron chi connectivity index (χ0n) is 20.7. The first-order valence-electron chi connectivity index (χ1n) is 12.0. The molecule has 0 spiro atoms. The minimum Gasteiger partial charge on any atom is -0.490 e. The maximum Gasteiger partial charge on any atom is 0.431 e. The Hall–Kier alpha value is -3.25. The van der Waals surface area contributed by atoms with Gasteiger partial charge in [0.2, 0.25) is 5.88 Å². The van der Waals surface area contributed by atoms with Gasteiger partial charge in [0.25, 0.3) is 0 Å². The molecule has 1 aromatic carbocycles. The number of nitrogens with zero attached hydrogens (tertiary/aromatic N) is 4. The number of methoxy groups -OCH3 is 1. The molecule has 13 heteroatoms. The standard InChI is InChI=1S/C25H28ClF3N4O5/c1-14-19(10-23(35)36)33(31-24(14)25(27,28)29)16-3-5-17(6-4-16)38-21-7-8-32(12-15(21)13-34)20-9-22(37-2)30-11-18(20)26/h3-6,9,11,14-15,19,21,34H,7-8,10,12-13H2,1-2H3,(H,35,36). The van der Waals surface area contributed by atoms with Crippen LogP contribution in [0.15, 0.2) is 41.6 Å². The number of carbonyl (C=O) groups is 1. The van der Waals surface area contributed by atoms with Crippen LogP contribution in [-0.2, 0) is 4.79 Å². The van der Waals surface area contributed by atoms with Crippen LogP contribution in [0.25, 0.3) is 0 Å². The molecule has 3 heterocycles. The summed E-state index contributed by atoms with van der Waals surface area (Å²) in [6.45, 7) is 2.28. The highest BCUT2D eigenvalue weighted by atomic mass is 35.5. The van der Waals surface area contributed by atoms with Gasteiger partial charge in [0, 0.05) is 37.4 Å². The molecule has 2 aliphatic heterocycles. The highest BCUT2D eigenvalue weighted by Crippen LogP contribution is 2.37. The van der Waals surface area contributed by atoms with E-state index in [1.165, 1.54) is 20.2 Å². The number of aliphatic hydroxyl groups is 1. The van der Waals surface area contributed by atoms with Crippen LogP contribution in [0, 0.1) is 11.8 Å². The summed E-state index contributed by atoms with van der Waals surface area (Å²) in [5.41, 5.74) is 0.0624. The largest absolute Gasteiger partial charge is 0.490 e. The van der Waals surface area contributed by atoms with Crippen LogP contribution < -0.4 is 19.4 Å². The van der Waals surface area contributed by atoms with Crippen LogP contribution in [0.4, 0.5) is 24.5 Å². The first kappa shape index (κ1) is 27.8. The van der Waals surface area contributed by atoms with Crippen molar-refractivity contribution >= 4 is 34.7 Å². The Morgan fingerprint density at radius 1 is 1.26 bits per heavy atom. The summed E-state index contributed by atoms with van der Waals surface area (Å²) in [5.74, 6) is -1.66. The summed E-state index contributed by atoms with van der Waals surface area (Å²) in [4.78, 5) is 17.4. The van der Waals surface area contributed by atoms with E-state index in [9.17, 15) is 28.2 Å². The van der Waals surface area contributed by atoms with Gasteiger partial charge in [0.15, 0.2) is 0 Å².